The summed E-state index contributed by atoms with van der Waals surface area (Å²) in [6, 6.07) is 3.67. The largest absolute Gasteiger partial charge is 0.494 e. The van der Waals surface area contributed by atoms with E-state index in [1.54, 1.807) is 37.4 Å². The number of aryl methyl sites for hydroxylation is 1. The maximum atomic E-state index is 12.3. The van der Waals surface area contributed by atoms with Crippen molar-refractivity contribution in [2.24, 2.45) is 0 Å². The van der Waals surface area contributed by atoms with E-state index in [4.69, 9.17) is 14.5 Å². The van der Waals surface area contributed by atoms with E-state index in [1.807, 2.05) is 40.3 Å². The highest BCUT2D eigenvalue weighted by Gasteiger charge is 2.31. The number of aliphatic hydroxyl groups is 1. The number of hydrogen-bond acceptors (Lipinski definition) is 11. The van der Waals surface area contributed by atoms with Crippen LogP contribution in [0.15, 0.2) is 43.4 Å². The molecule has 3 heterocycles. The third kappa shape index (κ3) is 7.42. The topological polar surface area (TPSA) is 133 Å². The van der Waals surface area contributed by atoms with Gasteiger partial charge in [0.15, 0.2) is 5.82 Å². The van der Waals surface area contributed by atoms with Crippen LogP contribution in [-0.2, 0) is 16.1 Å². The second kappa shape index (κ2) is 13.7. The van der Waals surface area contributed by atoms with Gasteiger partial charge in [0.2, 0.25) is 11.9 Å². The molecule has 4 rings (SSSR count). The molecular weight excluding hydrogens is 538 g/mol. The molecule has 3 aromatic rings. The van der Waals surface area contributed by atoms with Crippen molar-refractivity contribution in [2.45, 2.75) is 25.7 Å². The average Bonchev–Trinajstić information content (AvgIpc) is 3.58. The maximum Gasteiger partial charge on any atom is 0.247 e. The molecule has 3 N–H and O–H groups in total. The first-order chi connectivity index (χ1) is 20.1. The van der Waals surface area contributed by atoms with Crippen molar-refractivity contribution < 1.29 is 19.4 Å². The van der Waals surface area contributed by atoms with Crippen molar-refractivity contribution >= 4 is 28.9 Å². The molecule has 42 heavy (non-hydrogen) atoms. The Bertz CT molecular complexity index is 1390. The van der Waals surface area contributed by atoms with Crippen LogP contribution in [0.4, 0.5) is 23.0 Å². The van der Waals surface area contributed by atoms with Crippen molar-refractivity contribution in [1.29, 1.82) is 0 Å². The van der Waals surface area contributed by atoms with Gasteiger partial charge in [0.1, 0.15) is 5.75 Å². The summed E-state index contributed by atoms with van der Waals surface area (Å²) in [6.07, 6.45) is 5.99. The lowest BCUT2D eigenvalue weighted by Gasteiger charge is -2.26. The summed E-state index contributed by atoms with van der Waals surface area (Å²) in [5, 5.41) is 20.8. The van der Waals surface area contributed by atoms with Crippen LogP contribution in [0.3, 0.4) is 0 Å². The fraction of sp³-hybridized carbons (Fsp3) is 0.448. The summed E-state index contributed by atoms with van der Waals surface area (Å²) < 4.78 is 12.8. The molecule has 2 aromatic heterocycles. The normalized spacial score (nSPS) is 17.0. The Morgan fingerprint density at radius 3 is 2.64 bits per heavy atom. The zero-order chi connectivity index (χ0) is 30.4. The number of anilines is 4. The van der Waals surface area contributed by atoms with Gasteiger partial charge in [0.25, 0.3) is 0 Å². The molecule has 1 amide bonds. The van der Waals surface area contributed by atoms with E-state index in [0.29, 0.717) is 48.5 Å². The van der Waals surface area contributed by atoms with Gasteiger partial charge in [-0.25, -0.2) is 9.67 Å². The Labute approximate surface area is 246 Å². The number of amides is 1. The molecule has 0 radical (unpaired) electrons. The number of carbonyl (C=O) groups excluding carboxylic acids is 1. The molecule has 13 heteroatoms. The number of ether oxygens (including phenoxy) is 2. The van der Waals surface area contributed by atoms with E-state index in [9.17, 15) is 9.90 Å². The summed E-state index contributed by atoms with van der Waals surface area (Å²) in [7, 11) is 9.19. The predicted molar refractivity (Wildman–Crippen MR) is 163 cm³/mol. The summed E-state index contributed by atoms with van der Waals surface area (Å²) in [5.41, 5.74) is 3.81. The number of likely N-dealkylation sites (tertiary alicyclic amines) is 1. The van der Waals surface area contributed by atoms with Crippen molar-refractivity contribution in [3.05, 3.63) is 54.5 Å². The highest BCUT2D eigenvalue weighted by molar-refractivity contribution is 6.02. The Kier molecular flexibility index (Phi) is 10.1. The van der Waals surface area contributed by atoms with E-state index >= 15 is 0 Å². The molecule has 0 bridgehead atoms. The quantitative estimate of drug-likeness (QED) is 0.257. The minimum absolute atomic E-state index is 0.187. The van der Waals surface area contributed by atoms with Crippen LogP contribution in [0.2, 0.25) is 0 Å². The van der Waals surface area contributed by atoms with Crippen molar-refractivity contribution in [1.82, 2.24) is 29.5 Å². The number of β-amino-alcohol motifs (C(OH)–C–C–N with tert-alkyl or cyclic N) is 1. The fourth-order valence-corrected chi connectivity index (χ4v) is 4.76. The lowest BCUT2D eigenvalue weighted by atomic mass is 10.2. The van der Waals surface area contributed by atoms with Crippen LogP contribution in [0.5, 0.6) is 5.75 Å². The number of aromatic nitrogens is 4. The Hall–Kier alpha value is -4.04. The van der Waals surface area contributed by atoms with Crippen LogP contribution in [0.25, 0.3) is 5.82 Å². The SMILES string of the molecule is C=CC(=O)Nc1cc(Nc2ncc(C)c(-n3cc(CN4C[C@H](O)[C@H](OC)C4)cn3)n2)c(OC)cc1N(C)CCN(C)C. The number of methoxy groups -OCH3 is 2. The summed E-state index contributed by atoms with van der Waals surface area (Å²) >= 11 is 0. The second-order valence-corrected chi connectivity index (χ2v) is 10.6. The number of likely N-dealkylation sites (N-methyl/N-ethyl adjacent to an activating group) is 2. The Morgan fingerprint density at radius 1 is 1.19 bits per heavy atom. The average molecular weight is 580 g/mol. The first kappa shape index (κ1) is 30.9. The lowest BCUT2D eigenvalue weighted by Crippen LogP contribution is -2.29. The number of nitrogens with zero attached hydrogens (tertiary/aromatic N) is 7. The first-order valence-corrected chi connectivity index (χ1v) is 13.7. The van der Waals surface area contributed by atoms with E-state index in [-0.39, 0.29) is 12.0 Å². The minimum atomic E-state index is -0.502. The van der Waals surface area contributed by atoms with Gasteiger partial charge in [0, 0.05) is 76.5 Å². The Balaban J connectivity index is 1.59. The molecule has 2 atom stereocenters. The molecule has 0 spiro atoms. The van der Waals surface area contributed by atoms with Crippen molar-refractivity contribution in [3.63, 3.8) is 0 Å². The molecule has 0 unspecified atom stereocenters. The molecule has 0 saturated carbocycles. The van der Waals surface area contributed by atoms with Gasteiger partial charge < -0.3 is 35.0 Å². The highest BCUT2D eigenvalue weighted by atomic mass is 16.5. The number of carbonyl (C=O) groups is 1. The maximum absolute atomic E-state index is 12.3. The third-order valence-corrected chi connectivity index (χ3v) is 7.12. The van der Waals surface area contributed by atoms with Crippen LogP contribution >= 0.6 is 0 Å². The van der Waals surface area contributed by atoms with Crippen molar-refractivity contribution in [3.8, 4) is 11.6 Å². The van der Waals surface area contributed by atoms with Gasteiger partial charge in [-0.1, -0.05) is 6.58 Å². The molecule has 0 aliphatic carbocycles. The van der Waals surface area contributed by atoms with Crippen molar-refractivity contribution in [2.75, 3.05) is 77.1 Å². The molecular formula is C29H41N9O4. The van der Waals surface area contributed by atoms with Gasteiger partial charge in [-0.3, -0.25) is 9.69 Å². The molecule has 1 aromatic carbocycles. The number of aliphatic hydroxyl groups excluding tert-OH is 1. The summed E-state index contributed by atoms with van der Waals surface area (Å²) in [6.45, 7) is 8.91. The first-order valence-electron chi connectivity index (χ1n) is 13.7. The van der Waals surface area contributed by atoms with E-state index < -0.39 is 6.10 Å². The zero-order valence-electron chi connectivity index (χ0n) is 25.2. The van der Waals surface area contributed by atoms with Gasteiger partial charge in [-0.05, 0) is 33.2 Å². The standard InChI is InChI=1S/C29H41N9O4/c1-8-27(40)32-21-11-22(25(41-6)12-23(21)36(5)10-9-35(3)4)33-29-30-13-19(2)28(34-29)38-16-20(14-31-38)15-37-17-24(39)26(18-37)42-7/h8,11-14,16,24,26,39H,1,9-10,15,17-18H2,2-7H3,(H,32,40)(H,30,33,34)/t24-,26+/m0/s1. The number of rotatable bonds is 13. The van der Waals surface area contributed by atoms with Gasteiger partial charge in [-0.2, -0.15) is 10.1 Å². The lowest BCUT2D eigenvalue weighted by molar-refractivity contribution is -0.111. The molecule has 1 aliphatic heterocycles. The molecule has 13 nitrogen and oxygen atoms in total. The zero-order valence-corrected chi connectivity index (χ0v) is 25.2. The van der Waals surface area contributed by atoms with E-state index in [2.05, 4.69) is 42.0 Å². The van der Waals surface area contributed by atoms with E-state index in [1.165, 1.54) is 6.08 Å². The number of benzene rings is 1. The number of hydrogen-bond donors (Lipinski definition) is 3. The molecule has 1 aliphatic rings. The highest BCUT2D eigenvalue weighted by Crippen LogP contribution is 2.38. The Morgan fingerprint density at radius 2 is 1.98 bits per heavy atom. The van der Waals surface area contributed by atoms with Crippen LogP contribution in [-0.4, -0.2) is 114 Å². The molecule has 1 saturated heterocycles. The monoisotopic (exact) mass is 579 g/mol. The molecule has 1 fully saturated rings. The third-order valence-electron chi connectivity index (χ3n) is 7.12. The predicted octanol–water partition coefficient (Wildman–Crippen LogP) is 2.04. The second-order valence-electron chi connectivity index (χ2n) is 10.6. The van der Waals surface area contributed by atoms with Crippen LogP contribution in [0.1, 0.15) is 11.1 Å². The number of nitrogens with one attached hydrogen (secondary N) is 2. The minimum Gasteiger partial charge on any atom is -0.494 e. The van der Waals surface area contributed by atoms with Crippen LogP contribution < -0.4 is 20.3 Å². The summed E-state index contributed by atoms with van der Waals surface area (Å²) in [4.78, 5) is 27.8. The van der Waals surface area contributed by atoms with E-state index in [0.717, 1.165) is 29.9 Å². The summed E-state index contributed by atoms with van der Waals surface area (Å²) in [5.74, 6) is 1.20. The van der Waals surface area contributed by atoms with Gasteiger partial charge in [-0.15, -0.1) is 0 Å². The molecule has 226 valence electrons. The van der Waals surface area contributed by atoms with Gasteiger partial charge >= 0.3 is 0 Å². The van der Waals surface area contributed by atoms with Gasteiger partial charge in [0.05, 0.1) is 42.6 Å². The smallest absolute Gasteiger partial charge is 0.247 e. The fourth-order valence-electron chi connectivity index (χ4n) is 4.76. The van der Waals surface area contributed by atoms with Crippen LogP contribution in [0, 0.1) is 6.92 Å².